The number of hydrogen-bond acceptors (Lipinski definition) is 7. The molecule has 0 bridgehead atoms. The molecule has 9 atom stereocenters. The topological polar surface area (TPSA) is 109 Å². The van der Waals surface area contributed by atoms with Crippen LogP contribution in [0.2, 0.25) is 0 Å². The second kappa shape index (κ2) is 5.61. The quantitative estimate of drug-likeness (QED) is 0.461. The predicted octanol–water partition coefficient (Wildman–Crippen LogP) is -2.27. The number of aliphatic hydroxyl groups is 4. The normalized spacial score (nSPS) is 54.2. The van der Waals surface area contributed by atoms with Crippen molar-refractivity contribution in [2.45, 2.75) is 42.7 Å². The Hall–Kier alpha value is -0.280. The predicted molar refractivity (Wildman–Crippen MR) is 63.4 cm³/mol. The SMILES string of the molecule is COC1[C@@H](OC)C2C([C@H]1OC)[C@H](O)[C@H](O)[C@@H](O)[C@H]2O. The first-order chi connectivity index (χ1) is 8.99. The fourth-order valence-electron chi connectivity index (χ4n) is 3.62. The van der Waals surface area contributed by atoms with Gasteiger partial charge in [0.25, 0.3) is 0 Å². The van der Waals surface area contributed by atoms with E-state index < -0.39 is 54.6 Å². The summed E-state index contributed by atoms with van der Waals surface area (Å²) in [6.45, 7) is 0. The van der Waals surface area contributed by atoms with Gasteiger partial charge in [0, 0.05) is 33.2 Å². The van der Waals surface area contributed by atoms with Crippen LogP contribution in [0.25, 0.3) is 0 Å². The zero-order valence-electron chi connectivity index (χ0n) is 11.2. The molecule has 0 spiro atoms. The summed E-state index contributed by atoms with van der Waals surface area (Å²) in [6, 6.07) is 0. The lowest BCUT2D eigenvalue weighted by Crippen LogP contribution is -2.60. The lowest BCUT2D eigenvalue weighted by atomic mass is 9.73. The van der Waals surface area contributed by atoms with E-state index in [0.29, 0.717) is 0 Å². The molecule has 7 nitrogen and oxygen atoms in total. The van der Waals surface area contributed by atoms with Crippen LogP contribution in [0.4, 0.5) is 0 Å². The summed E-state index contributed by atoms with van der Waals surface area (Å²) in [4.78, 5) is 0. The molecule has 0 amide bonds. The van der Waals surface area contributed by atoms with Gasteiger partial charge >= 0.3 is 0 Å². The van der Waals surface area contributed by atoms with Crippen molar-refractivity contribution in [3.8, 4) is 0 Å². The molecule has 2 fully saturated rings. The van der Waals surface area contributed by atoms with Crippen molar-refractivity contribution >= 4 is 0 Å². The van der Waals surface area contributed by atoms with Gasteiger partial charge in [-0.3, -0.25) is 0 Å². The molecule has 2 aliphatic rings. The highest BCUT2D eigenvalue weighted by atomic mass is 16.6. The number of aliphatic hydroxyl groups excluding tert-OH is 4. The van der Waals surface area contributed by atoms with Crippen LogP contribution in [0.1, 0.15) is 0 Å². The van der Waals surface area contributed by atoms with E-state index in [1.165, 1.54) is 21.3 Å². The molecule has 2 aliphatic carbocycles. The van der Waals surface area contributed by atoms with Gasteiger partial charge in [-0.05, 0) is 0 Å². The maximum atomic E-state index is 10.2. The molecule has 3 unspecified atom stereocenters. The third kappa shape index (κ3) is 2.09. The van der Waals surface area contributed by atoms with Gasteiger partial charge in [-0.15, -0.1) is 0 Å². The van der Waals surface area contributed by atoms with Crippen LogP contribution < -0.4 is 0 Å². The minimum absolute atomic E-state index is 0.480. The Bertz CT molecular complexity index is 284. The first-order valence-electron chi connectivity index (χ1n) is 6.30. The van der Waals surface area contributed by atoms with E-state index in [1.54, 1.807) is 0 Å². The summed E-state index contributed by atoms with van der Waals surface area (Å²) < 4.78 is 16.0. The summed E-state index contributed by atoms with van der Waals surface area (Å²) >= 11 is 0. The molecule has 0 radical (unpaired) electrons. The van der Waals surface area contributed by atoms with Gasteiger partial charge in [-0.25, -0.2) is 0 Å². The zero-order chi connectivity index (χ0) is 14.3. The van der Waals surface area contributed by atoms with Crippen molar-refractivity contribution in [3.05, 3.63) is 0 Å². The number of fused-ring (bicyclic) bond motifs is 1. The van der Waals surface area contributed by atoms with E-state index in [9.17, 15) is 20.4 Å². The largest absolute Gasteiger partial charge is 0.390 e. The maximum Gasteiger partial charge on any atom is 0.110 e. The van der Waals surface area contributed by atoms with Crippen molar-refractivity contribution in [2.24, 2.45) is 11.8 Å². The lowest BCUT2D eigenvalue weighted by Gasteiger charge is -2.43. The van der Waals surface area contributed by atoms with Crippen LogP contribution in [0, 0.1) is 11.8 Å². The van der Waals surface area contributed by atoms with Crippen molar-refractivity contribution in [3.63, 3.8) is 0 Å². The molecule has 0 aromatic carbocycles. The first kappa shape index (κ1) is 15.1. The Balaban J connectivity index is 2.38. The first-order valence-corrected chi connectivity index (χ1v) is 6.30. The number of methoxy groups -OCH3 is 3. The average molecular weight is 278 g/mol. The molecule has 7 heteroatoms. The van der Waals surface area contributed by atoms with Crippen LogP contribution in [0.15, 0.2) is 0 Å². The molecule has 4 N–H and O–H groups in total. The third-order valence-corrected chi connectivity index (χ3v) is 4.51. The van der Waals surface area contributed by atoms with Gasteiger partial charge in [-0.1, -0.05) is 0 Å². The van der Waals surface area contributed by atoms with E-state index in [0.717, 1.165) is 0 Å². The molecular formula is C12H22O7. The Morgan fingerprint density at radius 3 is 1.11 bits per heavy atom. The Labute approximate surface area is 111 Å². The second-order valence-corrected chi connectivity index (χ2v) is 5.22. The molecule has 112 valence electrons. The zero-order valence-corrected chi connectivity index (χ0v) is 11.2. The van der Waals surface area contributed by atoms with Gasteiger partial charge in [0.2, 0.25) is 0 Å². The summed E-state index contributed by atoms with van der Waals surface area (Å²) in [5.74, 6) is -1.12. The molecule has 0 heterocycles. The molecule has 0 aromatic rings. The van der Waals surface area contributed by atoms with Crippen molar-refractivity contribution in [1.29, 1.82) is 0 Å². The van der Waals surface area contributed by atoms with E-state index in [-0.39, 0.29) is 0 Å². The molecule has 0 aromatic heterocycles. The molecule has 2 saturated carbocycles. The fourth-order valence-corrected chi connectivity index (χ4v) is 3.62. The standard InChI is InChI=1S/C12H22O7/c1-17-10-4-5(11(18-2)12(10)19-3)7(14)9(16)8(15)6(4)13/h4-16H,1-3H3/t4?,5?,6-,7-,8-,9-,10-,11+,12?/m0/s1. The monoisotopic (exact) mass is 278 g/mol. The summed E-state index contributed by atoms with van der Waals surface area (Å²) in [6.07, 6.45) is -6.76. The second-order valence-electron chi connectivity index (χ2n) is 5.22. The summed E-state index contributed by atoms with van der Waals surface area (Å²) in [5.41, 5.74) is 0. The van der Waals surface area contributed by atoms with Crippen molar-refractivity contribution < 1.29 is 34.6 Å². The molecule has 0 aliphatic heterocycles. The summed E-state index contributed by atoms with van der Waals surface area (Å²) in [7, 11) is 4.44. The minimum Gasteiger partial charge on any atom is -0.390 e. The molecule has 2 rings (SSSR count). The molecular weight excluding hydrogens is 256 g/mol. The Morgan fingerprint density at radius 1 is 0.526 bits per heavy atom. The lowest BCUT2D eigenvalue weighted by molar-refractivity contribution is -0.199. The van der Waals surface area contributed by atoms with E-state index in [2.05, 4.69) is 0 Å². The smallest absolute Gasteiger partial charge is 0.110 e. The van der Waals surface area contributed by atoms with Gasteiger partial charge in [-0.2, -0.15) is 0 Å². The van der Waals surface area contributed by atoms with Crippen LogP contribution in [0.3, 0.4) is 0 Å². The van der Waals surface area contributed by atoms with Crippen molar-refractivity contribution in [1.82, 2.24) is 0 Å². The fraction of sp³-hybridized carbons (Fsp3) is 1.00. The average Bonchev–Trinajstić information content (AvgIpc) is 2.75. The highest BCUT2D eigenvalue weighted by Crippen LogP contribution is 2.46. The van der Waals surface area contributed by atoms with Gasteiger partial charge in [0.05, 0.1) is 24.4 Å². The maximum absolute atomic E-state index is 10.2. The number of rotatable bonds is 3. The van der Waals surface area contributed by atoms with Crippen LogP contribution in [0.5, 0.6) is 0 Å². The minimum atomic E-state index is -1.41. The van der Waals surface area contributed by atoms with Gasteiger partial charge < -0.3 is 34.6 Å². The van der Waals surface area contributed by atoms with E-state index in [4.69, 9.17) is 14.2 Å². The molecule has 0 saturated heterocycles. The van der Waals surface area contributed by atoms with Crippen LogP contribution in [-0.2, 0) is 14.2 Å². The number of ether oxygens (including phenoxy) is 3. The molecule has 19 heavy (non-hydrogen) atoms. The highest BCUT2D eigenvalue weighted by molar-refractivity contribution is 5.11. The number of hydrogen-bond donors (Lipinski definition) is 4. The van der Waals surface area contributed by atoms with Crippen LogP contribution in [-0.4, -0.2) is 84.5 Å². The highest BCUT2D eigenvalue weighted by Gasteiger charge is 2.62. The third-order valence-electron chi connectivity index (χ3n) is 4.51. The summed E-state index contributed by atoms with van der Waals surface area (Å²) in [5, 5.41) is 39.9. The van der Waals surface area contributed by atoms with Crippen molar-refractivity contribution in [2.75, 3.05) is 21.3 Å². The van der Waals surface area contributed by atoms with Gasteiger partial charge in [0.1, 0.15) is 18.3 Å². The van der Waals surface area contributed by atoms with E-state index in [1.807, 2.05) is 0 Å². The van der Waals surface area contributed by atoms with Crippen LogP contribution >= 0.6 is 0 Å². The Kier molecular flexibility index (Phi) is 4.46. The van der Waals surface area contributed by atoms with Gasteiger partial charge in [0.15, 0.2) is 0 Å². The Morgan fingerprint density at radius 2 is 0.842 bits per heavy atom. The van der Waals surface area contributed by atoms with E-state index >= 15 is 0 Å².